The highest BCUT2D eigenvalue weighted by molar-refractivity contribution is 6.27. The first kappa shape index (κ1) is 33.6. The van der Waals surface area contributed by atoms with Crippen LogP contribution in [0.25, 0.3) is 123 Å². The van der Waals surface area contributed by atoms with Gasteiger partial charge >= 0.3 is 0 Å². The molecule has 0 spiro atoms. The molecule has 10 heteroatoms. The first-order valence-electron chi connectivity index (χ1n) is 19.5. The summed E-state index contributed by atoms with van der Waals surface area (Å²) in [6.07, 6.45) is 7.08. The van der Waals surface area contributed by atoms with E-state index in [0.29, 0.717) is 46.3 Å². The predicted molar refractivity (Wildman–Crippen MR) is 236 cm³/mol. The predicted octanol–water partition coefficient (Wildman–Crippen LogP) is 10.8. The van der Waals surface area contributed by atoms with Crippen LogP contribution in [0.5, 0.6) is 0 Å². The molecule has 0 bridgehead atoms. The highest BCUT2D eigenvalue weighted by atomic mass is 15.1. The topological polar surface area (TPSA) is 129 Å². The molecular formula is C50H28N10. The van der Waals surface area contributed by atoms with Gasteiger partial charge in [-0.05, 0) is 93.0 Å². The van der Waals surface area contributed by atoms with E-state index in [9.17, 15) is 0 Å². The molecule has 0 saturated heterocycles. The van der Waals surface area contributed by atoms with Crippen molar-refractivity contribution in [1.29, 1.82) is 0 Å². The molecule has 10 nitrogen and oxygen atoms in total. The summed E-state index contributed by atoms with van der Waals surface area (Å²) < 4.78 is 0. The molecule has 278 valence electrons. The van der Waals surface area contributed by atoms with E-state index < -0.39 is 0 Å². The van der Waals surface area contributed by atoms with E-state index in [1.165, 1.54) is 0 Å². The zero-order valence-corrected chi connectivity index (χ0v) is 31.6. The molecule has 0 aliphatic heterocycles. The molecule has 12 rings (SSSR count). The Morgan fingerprint density at radius 3 is 1.10 bits per heavy atom. The van der Waals surface area contributed by atoms with Gasteiger partial charge in [0.05, 0.1) is 11.0 Å². The second-order valence-electron chi connectivity index (χ2n) is 14.4. The van der Waals surface area contributed by atoms with E-state index in [2.05, 4.69) is 80.6 Å². The van der Waals surface area contributed by atoms with Crippen LogP contribution < -0.4 is 0 Å². The molecule has 0 unspecified atom stereocenters. The van der Waals surface area contributed by atoms with Crippen molar-refractivity contribution in [1.82, 2.24) is 49.8 Å². The second kappa shape index (κ2) is 13.6. The van der Waals surface area contributed by atoms with Crippen LogP contribution in [0.2, 0.25) is 0 Å². The van der Waals surface area contributed by atoms with Gasteiger partial charge in [0.15, 0.2) is 34.9 Å². The maximum absolute atomic E-state index is 5.25. The fourth-order valence-corrected chi connectivity index (χ4v) is 8.24. The lowest BCUT2D eigenvalue weighted by molar-refractivity contribution is 1.05. The standard InChI is InChI=1S/C50H28N10/c1-3-25-53-41(13-1)49-58-48(59-50(60-49)42-14-2-4-26-54-42)38-24-20-30-17-21-33-37(23-19-29-18-22-34(38)44(30)43(29)33)47-56-45(35-9-5-15-39-31(35)11-7-27-51-39)55-46(57-47)36-10-6-16-40-32(36)12-8-28-52-40/h1-28H. The van der Waals surface area contributed by atoms with Crippen LogP contribution in [0.3, 0.4) is 0 Å². The van der Waals surface area contributed by atoms with Crippen molar-refractivity contribution in [2.24, 2.45) is 0 Å². The van der Waals surface area contributed by atoms with Crippen LogP contribution in [-0.4, -0.2) is 49.8 Å². The largest absolute Gasteiger partial charge is 0.256 e. The molecule has 0 aliphatic carbocycles. The van der Waals surface area contributed by atoms with E-state index in [4.69, 9.17) is 29.9 Å². The van der Waals surface area contributed by atoms with Crippen molar-refractivity contribution < 1.29 is 0 Å². The maximum atomic E-state index is 5.25. The van der Waals surface area contributed by atoms with Gasteiger partial charge in [-0.25, -0.2) is 29.9 Å². The molecule has 0 fully saturated rings. The fourth-order valence-electron chi connectivity index (χ4n) is 8.24. The summed E-state index contributed by atoms with van der Waals surface area (Å²) in [7, 11) is 0. The Kier molecular flexibility index (Phi) is 7.60. The normalized spacial score (nSPS) is 11.7. The highest BCUT2D eigenvalue weighted by Gasteiger charge is 2.21. The molecule has 6 aromatic heterocycles. The molecule has 12 aromatic rings. The lowest BCUT2D eigenvalue weighted by Crippen LogP contribution is -2.02. The van der Waals surface area contributed by atoms with Crippen molar-refractivity contribution in [3.63, 3.8) is 0 Å². The molecule has 0 amide bonds. The minimum absolute atomic E-state index is 0.472. The first-order valence-corrected chi connectivity index (χ1v) is 19.5. The molecule has 0 aliphatic rings. The van der Waals surface area contributed by atoms with Crippen LogP contribution >= 0.6 is 0 Å². The van der Waals surface area contributed by atoms with Crippen molar-refractivity contribution in [3.05, 3.63) is 170 Å². The van der Waals surface area contributed by atoms with E-state index in [1.807, 2.05) is 84.9 Å². The Morgan fingerprint density at radius 2 is 0.650 bits per heavy atom. The lowest BCUT2D eigenvalue weighted by atomic mass is 9.89. The summed E-state index contributed by atoms with van der Waals surface area (Å²) >= 11 is 0. The summed E-state index contributed by atoms with van der Waals surface area (Å²) in [6, 6.07) is 48.6. The fraction of sp³-hybridized carbons (Fsp3) is 0. The van der Waals surface area contributed by atoms with Gasteiger partial charge in [-0.3, -0.25) is 19.9 Å². The third kappa shape index (κ3) is 5.50. The molecule has 60 heavy (non-hydrogen) atoms. The Labute approximate surface area is 341 Å². The molecule has 0 saturated carbocycles. The summed E-state index contributed by atoms with van der Waals surface area (Å²) in [4.78, 5) is 48.9. The van der Waals surface area contributed by atoms with Crippen LogP contribution in [0.4, 0.5) is 0 Å². The summed E-state index contributed by atoms with van der Waals surface area (Å²) in [5.74, 6) is 3.16. The van der Waals surface area contributed by atoms with Gasteiger partial charge in [0.2, 0.25) is 0 Å². The molecule has 0 radical (unpaired) electrons. The van der Waals surface area contributed by atoms with Gasteiger partial charge in [-0.1, -0.05) is 84.9 Å². The Morgan fingerprint density at radius 1 is 0.250 bits per heavy atom. The van der Waals surface area contributed by atoms with E-state index >= 15 is 0 Å². The molecule has 0 N–H and O–H groups in total. The monoisotopic (exact) mass is 768 g/mol. The number of aromatic nitrogens is 10. The van der Waals surface area contributed by atoms with Crippen LogP contribution in [0, 0.1) is 0 Å². The number of benzene rings is 6. The SMILES string of the molecule is c1ccc(-c2nc(-c3ccccn3)nc(-c3ccc4ccc5c(-c6nc(-c7cccc8ncccc78)nc(-c7cccc8ncccc78)n6)ccc6ccc3c4c65)n2)nc1. The van der Waals surface area contributed by atoms with Gasteiger partial charge in [0, 0.05) is 57.8 Å². The van der Waals surface area contributed by atoms with Crippen LogP contribution in [0.15, 0.2) is 170 Å². The minimum Gasteiger partial charge on any atom is -0.256 e. The quantitative estimate of drug-likeness (QED) is 0.151. The van der Waals surface area contributed by atoms with Gasteiger partial charge in [-0.15, -0.1) is 0 Å². The maximum Gasteiger partial charge on any atom is 0.182 e. The van der Waals surface area contributed by atoms with E-state index in [0.717, 1.165) is 76.4 Å². The second-order valence-corrected chi connectivity index (χ2v) is 14.4. The van der Waals surface area contributed by atoms with E-state index in [-0.39, 0.29) is 0 Å². The van der Waals surface area contributed by atoms with Crippen LogP contribution in [0.1, 0.15) is 0 Å². The minimum atomic E-state index is 0.472. The molecule has 6 heterocycles. The zero-order chi connectivity index (χ0) is 39.6. The van der Waals surface area contributed by atoms with E-state index in [1.54, 1.807) is 24.8 Å². The average Bonchev–Trinajstić information content (AvgIpc) is 3.33. The molecule has 6 aromatic carbocycles. The number of fused-ring (bicyclic) bond motifs is 2. The van der Waals surface area contributed by atoms with Crippen molar-refractivity contribution >= 4 is 54.1 Å². The van der Waals surface area contributed by atoms with Gasteiger partial charge in [-0.2, -0.15) is 0 Å². The number of rotatable bonds is 6. The Balaban J connectivity index is 1.10. The Hall–Kier alpha value is -8.50. The smallest absolute Gasteiger partial charge is 0.182 e. The number of hydrogen-bond acceptors (Lipinski definition) is 10. The number of hydrogen-bond donors (Lipinski definition) is 0. The van der Waals surface area contributed by atoms with Crippen LogP contribution in [-0.2, 0) is 0 Å². The summed E-state index contributed by atoms with van der Waals surface area (Å²) in [5.41, 5.74) is 6.54. The van der Waals surface area contributed by atoms with Crippen molar-refractivity contribution in [2.75, 3.05) is 0 Å². The average molecular weight is 769 g/mol. The number of nitrogens with zero attached hydrogens (tertiary/aromatic N) is 10. The highest BCUT2D eigenvalue weighted by Crippen LogP contribution is 2.42. The van der Waals surface area contributed by atoms with Crippen molar-refractivity contribution in [3.8, 4) is 68.6 Å². The summed E-state index contributed by atoms with van der Waals surface area (Å²) in [5, 5.41) is 8.33. The number of pyridine rings is 4. The third-order valence-electron chi connectivity index (χ3n) is 11.0. The zero-order valence-electron chi connectivity index (χ0n) is 31.6. The first-order chi connectivity index (χ1) is 29.7. The lowest BCUT2D eigenvalue weighted by Gasteiger charge is -2.16. The van der Waals surface area contributed by atoms with Gasteiger partial charge < -0.3 is 0 Å². The van der Waals surface area contributed by atoms with Gasteiger partial charge in [0.25, 0.3) is 0 Å². The Bertz CT molecular complexity index is 3450. The molecule has 0 atom stereocenters. The van der Waals surface area contributed by atoms with Gasteiger partial charge in [0.1, 0.15) is 11.4 Å². The molecular weight excluding hydrogens is 741 g/mol. The van der Waals surface area contributed by atoms with Crippen molar-refractivity contribution in [2.45, 2.75) is 0 Å². The third-order valence-corrected chi connectivity index (χ3v) is 11.0. The summed E-state index contributed by atoms with van der Waals surface area (Å²) in [6.45, 7) is 0.